The topological polar surface area (TPSA) is 41.5 Å². The highest BCUT2D eigenvalue weighted by Gasteiger charge is 1.99. The average molecular weight is 280 g/mol. The molecular weight excluding hydrogens is 260 g/mol. The van der Waals surface area contributed by atoms with E-state index in [0.717, 1.165) is 19.3 Å². The zero-order valence-corrected chi connectivity index (χ0v) is 12.0. The minimum Gasteiger partial charge on any atom is -0.273 e. The lowest BCUT2D eigenvalue weighted by molar-refractivity contribution is -0.121. The van der Waals surface area contributed by atoms with Gasteiger partial charge in [0.25, 0.3) is 0 Å². The van der Waals surface area contributed by atoms with Crippen LogP contribution < -0.4 is 5.43 Å². The summed E-state index contributed by atoms with van der Waals surface area (Å²) in [7, 11) is 0. The van der Waals surface area contributed by atoms with Crippen LogP contribution in [0.5, 0.6) is 0 Å². The Balaban J connectivity index is 1.61. The predicted octanol–water partition coefficient (Wildman–Crippen LogP) is 3.35. The molecule has 0 aliphatic carbocycles. The second-order valence-corrected chi connectivity index (χ2v) is 4.88. The van der Waals surface area contributed by atoms with E-state index in [1.54, 1.807) is 6.21 Å². The molecule has 21 heavy (non-hydrogen) atoms. The van der Waals surface area contributed by atoms with Gasteiger partial charge in [-0.05, 0) is 24.0 Å². The molecule has 2 rings (SSSR count). The van der Waals surface area contributed by atoms with Crippen molar-refractivity contribution in [3.63, 3.8) is 0 Å². The van der Waals surface area contributed by atoms with Crippen molar-refractivity contribution in [3.05, 3.63) is 71.8 Å². The van der Waals surface area contributed by atoms with Crippen LogP contribution in [0.3, 0.4) is 0 Å². The normalized spacial score (nSPS) is 10.7. The Hall–Kier alpha value is -2.42. The summed E-state index contributed by atoms with van der Waals surface area (Å²) < 4.78 is 0. The van der Waals surface area contributed by atoms with Crippen LogP contribution in [-0.2, 0) is 17.6 Å². The quantitative estimate of drug-likeness (QED) is 0.613. The van der Waals surface area contributed by atoms with E-state index < -0.39 is 0 Å². The number of benzene rings is 2. The molecule has 0 aliphatic heterocycles. The van der Waals surface area contributed by atoms with E-state index in [9.17, 15) is 4.79 Å². The molecule has 0 fully saturated rings. The van der Waals surface area contributed by atoms with Gasteiger partial charge in [-0.25, -0.2) is 5.43 Å². The zero-order chi connectivity index (χ0) is 14.8. The minimum atomic E-state index is -0.0322. The van der Waals surface area contributed by atoms with Crippen LogP contribution in [0.25, 0.3) is 0 Å². The first kappa shape index (κ1) is 15.0. The SMILES string of the molecule is O=C(CCCc1ccccc1)N/N=C\Cc1ccccc1. The second kappa shape index (κ2) is 8.69. The predicted molar refractivity (Wildman–Crippen MR) is 86.2 cm³/mol. The highest BCUT2D eigenvalue weighted by atomic mass is 16.2. The van der Waals surface area contributed by atoms with Crippen molar-refractivity contribution in [3.8, 4) is 0 Å². The Labute approximate surface area is 125 Å². The fraction of sp³-hybridized carbons (Fsp3) is 0.222. The van der Waals surface area contributed by atoms with Crippen LogP contribution in [-0.4, -0.2) is 12.1 Å². The third kappa shape index (κ3) is 6.04. The lowest BCUT2D eigenvalue weighted by Gasteiger charge is -2.01. The average Bonchev–Trinajstić information content (AvgIpc) is 2.54. The summed E-state index contributed by atoms with van der Waals surface area (Å²) in [6.07, 6.45) is 4.71. The number of aryl methyl sites for hydroxylation is 1. The van der Waals surface area contributed by atoms with Gasteiger partial charge >= 0.3 is 0 Å². The molecule has 3 heteroatoms. The zero-order valence-electron chi connectivity index (χ0n) is 12.0. The van der Waals surface area contributed by atoms with E-state index in [4.69, 9.17) is 0 Å². The Bertz CT molecular complexity index is 564. The van der Waals surface area contributed by atoms with Crippen molar-refractivity contribution in [1.29, 1.82) is 0 Å². The van der Waals surface area contributed by atoms with Crippen LogP contribution in [0.4, 0.5) is 0 Å². The van der Waals surface area contributed by atoms with Gasteiger partial charge in [-0.2, -0.15) is 5.10 Å². The maximum atomic E-state index is 11.6. The first-order valence-corrected chi connectivity index (χ1v) is 7.23. The monoisotopic (exact) mass is 280 g/mol. The highest BCUT2D eigenvalue weighted by molar-refractivity contribution is 5.76. The van der Waals surface area contributed by atoms with Crippen molar-refractivity contribution in [1.82, 2.24) is 5.43 Å². The van der Waals surface area contributed by atoms with Gasteiger partial charge in [-0.3, -0.25) is 4.79 Å². The Morgan fingerprint density at radius 2 is 1.57 bits per heavy atom. The number of hydrogen-bond donors (Lipinski definition) is 1. The summed E-state index contributed by atoms with van der Waals surface area (Å²) in [5.41, 5.74) is 5.01. The van der Waals surface area contributed by atoms with Crippen LogP contribution in [0.1, 0.15) is 24.0 Å². The first-order chi connectivity index (χ1) is 10.3. The molecule has 0 spiro atoms. The van der Waals surface area contributed by atoms with Crippen LogP contribution >= 0.6 is 0 Å². The van der Waals surface area contributed by atoms with Crippen molar-refractivity contribution < 1.29 is 4.79 Å². The molecule has 0 heterocycles. The van der Waals surface area contributed by atoms with Gasteiger partial charge in [-0.15, -0.1) is 0 Å². The largest absolute Gasteiger partial charge is 0.273 e. The number of rotatable bonds is 7. The Morgan fingerprint density at radius 1 is 0.952 bits per heavy atom. The molecule has 0 bridgehead atoms. The first-order valence-electron chi connectivity index (χ1n) is 7.23. The van der Waals surface area contributed by atoms with E-state index in [0.29, 0.717) is 6.42 Å². The van der Waals surface area contributed by atoms with Crippen LogP contribution in [0.2, 0.25) is 0 Å². The van der Waals surface area contributed by atoms with Gasteiger partial charge < -0.3 is 0 Å². The molecular formula is C18H20N2O. The third-order valence-corrected chi connectivity index (χ3v) is 3.16. The molecule has 0 aromatic heterocycles. The molecule has 108 valence electrons. The summed E-state index contributed by atoms with van der Waals surface area (Å²) in [6, 6.07) is 20.2. The second-order valence-electron chi connectivity index (χ2n) is 4.88. The number of carbonyl (C=O) groups is 1. The molecule has 0 aliphatic rings. The summed E-state index contributed by atoms with van der Waals surface area (Å²) >= 11 is 0. The molecule has 2 aromatic rings. The smallest absolute Gasteiger partial charge is 0.240 e. The van der Waals surface area contributed by atoms with E-state index in [-0.39, 0.29) is 5.91 Å². The molecule has 0 saturated heterocycles. The van der Waals surface area contributed by atoms with Crippen molar-refractivity contribution in [2.24, 2.45) is 5.10 Å². The standard InChI is InChI=1S/C18H20N2O/c21-18(13-7-12-16-8-3-1-4-9-16)20-19-15-14-17-10-5-2-6-11-17/h1-6,8-11,15H,7,12-14H2,(H,20,21)/b19-15-. The number of hydrogen-bond acceptors (Lipinski definition) is 2. The molecule has 1 N–H and O–H groups in total. The molecule has 0 atom stereocenters. The summed E-state index contributed by atoms with van der Waals surface area (Å²) in [5, 5.41) is 3.97. The van der Waals surface area contributed by atoms with Crippen molar-refractivity contribution in [2.75, 3.05) is 0 Å². The van der Waals surface area contributed by atoms with E-state index in [2.05, 4.69) is 22.7 Å². The van der Waals surface area contributed by atoms with Crippen molar-refractivity contribution >= 4 is 12.1 Å². The fourth-order valence-corrected chi connectivity index (χ4v) is 2.04. The van der Waals surface area contributed by atoms with E-state index >= 15 is 0 Å². The van der Waals surface area contributed by atoms with Gasteiger partial charge in [0.15, 0.2) is 0 Å². The molecule has 1 amide bonds. The molecule has 0 unspecified atom stereocenters. The van der Waals surface area contributed by atoms with Gasteiger partial charge in [0.1, 0.15) is 0 Å². The van der Waals surface area contributed by atoms with Crippen LogP contribution in [0, 0.1) is 0 Å². The minimum absolute atomic E-state index is 0.0322. The van der Waals surface area contributed by atoms with Gasteiger partial charge in [0.2, 0.25) is 5.91 Å². The van der Waals surface area contributed by atoms with Crippen molar-refractivity contribution in [2.45, 2.75) is 25.7 Å². The third-order valence-electron chi connectivity index (χ3n) is 3.16. The fourth-order valence-electron chi connectivity index (χ4n) is 2.04. The van der Waals surface area contributed by atoms with E-state index in [1.165, 1.54) is 11.1 Å². The van der Waals surface area contributed by atoms with Crippen LogP contribution in [0.15, 0.2) is 65.8 Å². The summed E-state index contributed by atoms with van der Waals surface area (Å²) in [4.78, 5) is 11.6. The summed E-state index contributed by atoms with van der Waals surface area (Å²) in [6.45, 7) is 0. The Morgan fingerprint density at radius 3 is 2.24 bits per heavy atom. The van der Waals surface area contributed by atoms with E-state index in [1.807, 2.05) is 48.5 Å². The van der Waals surface area contributed by atoms with Gasteiger partial charge in [0.05, 0.1) is 0 Å². The van der Waals surface area contributed by atoms with Gasteiger partial charge in [-0.1, -0.05) is 60.7 Å². The van der Waals surface area contributed by atoms with Gasteiger partial charge in [0, 0.05) is 19.1 Å². The molecule has 3 nitrogen and oxygen atoms in total. The maximum absolute atomic E-state index is 11.6. The summed E-state index contributed by atoms with van der Waals surface area (Å²) in [5.74, 6) is -0.0322. The number of nitrogens with zero attached hydrogens (tertiary/aromatic N) is 1. The molecule has 2 aromatic carbocycles. The lowest BCUT2D eigenvalue weighted by Crippen LogP contribution is -2.17. The molecule has 0 saturated carbocycles. The number of carbonyl (C=O) groups excluding carboxylic acids is 1. The maximum Gasteiger partial charge on any atom is 0.240 e. The Kier molecular flexibility index (Phi) is 6.20. The number of amides is 1. The number of nitrogens with one attached hydrogen (secondary N) is 1. The highest BCUT2D eigenvalue weighted by Crippen LogP contribution is 2.04. The number of hydrazone groups is 1. The lowest BCUT2D eigenvalue weighted by atomic mass is 10.1. The molecule has 0 radical (unpaired) electrons.